The molecule has 1 fully saturated rings. The topological polar surface area (TPSA) is 108 Å². The van der Waals surface area contributed by atoms with E-state index in [0.29, 0.717) is 55.8 Å². The summed E-state index contributed by atoms with van der Waals surface area (Å²) in [4.78, 5) is 25.6. The molecule has 2 aromatic heterocycles. The predicted molar refractivity (Wildman–Crippen MR) is 120 cm³/mol. The summed E-state index contributed by atoms with van der Waals surface area (Å²) in [6, 6.07) is 0. The lowest BCUT2D eigenvalue weighted by Gasteiger charge is -2.36. The van der Waals surface area contributed by atoms with Crippen molar-refractivity contribution in [2.75, 3.05) is 26.4 Å². The molecular formula is C24H34N4O5. The van der Waals surface area contributed by atoms with Crippen LogP contribution in [0.15, 0.2) is 4.52 Å². The van der Waals surface area contributed by atoms with Crippen LogP contribution in [0, 0.1) is 5.41 Å². The van der Waals surface area contributed by atoms with Crippen LogP contribution in [-0.2, 0) is 41.7 Å². The molecule has 0 atom stereocenters. The molecule has 0 saturated carbocycles. The monoisotopic (exact) mass is 458 g/mol. The molecule has 2 aliphatic heterocycles. The lowest BCUT2D eigenvalue weighted by atomic mass is 9.76. The number of carbonyl (C=O) groups is 2. The van der Waals surface area contributed by atoms with Crippen LogP contribution in [-0.4, -0.2) is 53.2 Å². The number of nitrogens with zero attached hydrogens (tertiary/aromatic N) is 3. The summed E-state index contributed by atoms with van der Waals surface area (Å²) >= 11 is 0. The maximum absolute atomic E-state index is 12.9. The van der Waals surface area contributed by atoms with E-state index in [2.05, 4.69) is 10.5 Å². The van der Waals surface area contributed by atoms with Gasteiger partial charge in [0.05, 0.1) is 29.3 Å². The van der Waals surface area contributed by atoms with Crippen LogP contribution < -0.4 is 5.32 Å². The molecule has 9 heteroatoms. The predicted octanol–water partition coefficient (Wildman–Crippen LogP) is 2.89. The van der Waals surface area contributed by atoms with Crippen LogP contribution in [0.4, 0.5) is 0 Å². The highest BCUT2D eigenvalue weighted by atomic mass is 16.5. The van der Waals surface area contributed by atoms with Crippen molar-refractivity contribution in [3.05, 3.63) is 34.0 Å². The van der Waals surface area contributed by atoms with E-state index in [9.17, 15) is 9.59 Å². The Labute approximate surface area is 194 Å². The third-order valence-corrected chi connectivity index (χ3v) is 6.85. The largest absolute Gasteiger partial charge is 0.462 e. The van der Waals surface area contributed by atoms with Crippen LogP contribution in [0.5, 0.6) is 0 Å². The number of hydrogen-bond acceptors (Lipinski definition) is 7. The number of nitrogens with one attached hydrogen (secondary N) is 1. The summed E-state index contributed by atoms with van der Waals surface area (Å²) in [7, 11) is 0. The van der Waals surface area contributed by atoms with Crippen LogP contribution in [0.3, 0.4) is 0 Å². The second-order valence-corrected chi connectivity index (χ2v) is 8.94. The fourth-order valence-electron chi connectivity index (χ4n) is 4.89. The van der Waals surface area contributed by atoms with Crippen molar-refractivity contribution >= 4 is 11.9 Å². The summed E-state index contributed by atoms with van der Waals surface area (Å²) in [6.45, 7) is 8.83. The number of carbonyl (C=O) groups excluding carboxylic acids is 2. The third-order valence-electron chi connectivity index (χ3n) is 6.85. The minimum Gasteiger partial charge on any atom is -0.462 e. The average Bonchev–Trinajstić information content (AvgIpc) is 3.38. The van der Waals surface area contributed by atoms with Gasteiger partial charge >= 0.3 is 5.97 Å². The number of aromatic nitrogens is 3. The Morgan fingerprint density at radius 3 is 2.61 bits per heavy atom. The standard InChI is InChI=1S/C24H34N4O5/c1-4-16-20-18(14-24(15-25-22(20)29)8-12-31-13-9-24)28(26-16)10-7-11-32-23(30)21-17(5-2)27-33-19(21)6-3/h4-15H2,1-3H3,(H,25,29). The fraction of sp³-hybridized carbons (Fsp3) is 0.667. The second kappa shape index (κ2) is 10.1. The summed E-state index contributed by atoms with van der Waals surface area (Å²) in [5.41, 5.74) is 3.65. The molecule has 0 aliphatic carbocycles. The third kappa shape index (κ3) is 4.69. The van der Waals surface area contributed by atoms with Gasteiger partial charge in [-0.15, -0.1) is 0 Å². The Hall–Kier alpha value is -2.68. The first-order valence-corrected chi connectivity index (χ1v) is 12.1. The lowest BCUT2D eigenvalue weighted by Crippen LogP contribution is -2.40. The molecule has 9 nitrogen and oxygen atoms in total. The maximum Gasteiger partial charge on any atom is 0.343 e. The molecule has 1 spiro atoms. The summed E-state index contributed by atoms with van der Waals surface area (Å²) in [5.74, 6) is 0.142. The van der Waals surface area contributed by atoms with Gasteiger partial charge in [0, 0.05) is 39.1 Å². The van der Waals surface area contributed by atoms with E-state index >= 15 is 0 Å². The van der Waals surface area contributed by atoms with Crippen molar-refractivity contribution < 1.29 is 23.6 Å². The summed E-state index contributed by atoms with van der Waals surface area (Å²) in [6.07, 6.45) is 5.16. The Balaban J connectivity index is 1.46. The highest BCUT2D eigenvalue weighted by Crippen LogP contribution is 2.37. The van der Waals surface area contributed by atoms with E-state index in [0.717, 1.165) is 49.4 Å². The molecule has 0 unspecified atom stereocenters. The van der Waals surface area contributed by atoms with Gasteiger partial charge in [0.1, 0.15) is 5.56 Å². The Morgan fingerprint density at radius 2 is 1.91 bits per heavy atom. The second-order valence-electron chi connectivity index (χ2n) is 8.94. The number of hydrogen-bond donors (Lipinski definition) is 1. The van der Waals surface area contributed by atoms with Gasteiger partial charge < -0.3 is 19.3 Å². The van der Waals surface area contributed by atoms with Crippen LogP contribution in [0.1, 0.15) is 83.6 Å². The normalized spacial score (nSPS) is 17.5. The highest BCUT2D eigenvalue weighted by Gasteiger charge is 2.39. The van der Waals surface area contributed by atoms with Gasteiger partial charge in [-0.3, -0.25) is 9.48 Å². The quantitative estimate of drug-likeness (QED) is 0.479. The number of aryl methyl sites for hydroxylation is 4. The van der Waals surface area contributed by atoms with Crippen LogP contribution in [0.25, 0.3) is 0 Å². The van der Waals surface area contributed by atoms with E-state index in [1.54, 1.807) is 0 Å². The molecule has 4 heterocycles. The molecule has 0 aromatic carbocycles. The van der Waals surface area contributed by atoms with Crippen molar-refractivity contribution in [1.82, 2.24) is 20.3 Å². The van der Waals surface area contributed by atoms with Crippen LogP contribution >= 0.6 is 0 Å². The minimum atomic E-state index is -0.390. The zero-order chi connectivity index (χ0) is 23.4. The first-order valence-electron chi connectivity index (χ1n) is 12.1. The Morgan fingerprint density at radius 1 is 1.15 bits per heavy atom. The fourth-order valence-corrected chi connectivity index (χ4v) is 4.89. The Bertz CT molecular complexity index is 981. The molecule has 1 amide bonds. The van der Waals surface area contributed by atoms with Gasteiger partial charge in [-0.05, 0) is 37.5 Å². The highest BCUT2D eigenvalue weighted by molar-refractivity contribution is 5.97. The van der Waals surface area contributed by atoms with E-state index in [-0.39, 0.29) is 23.9 Å². The average molecular weight is 459 g/mol. The first-order chi connectivity index (χ1) is 16.0. The van der Waals surface area contributed by atoms with Gasteiger partial charge in [-0.1, -0.05) is 25.9 Å². The van der Waals surface area contributed by atoms with Gasteiger partial charge in [-0.25, -0.2) is 4.79 Å². The molecule has 1 saturated heterocycles. The smallest absolute Gasteiger partial charge is 0.343 e. The molecule has 180 valence electrons. The molecule has 2 aliphatic rings. The SMILES string of the molecule is CCc1noc(CC)c1C(=O)OCCCn1nc(CC)c2c1CC1(CCOCC1)CNC2=O. The number of ether oxygens (including phenoxy) is 2. The van der Waals surface area contributed by atoms with Gasteiger partial charge in [0.2, 0.25) is 0 Å². The molecule has 4 rings (SSSR count). The molecule has 0 radical (unpaired) electrons. The summed E-state index contributed by atoms with van der Waals surface area (Å²) < 4.78 is 18.4. The Kier molecular flexibility index (Phi) is 7.17. The molecular weight excluding hydrogens is 424 g/mol. The number of rotatable bonds is 8. The van der Waals surface area contributed by atoms with E-state index in [4.69, 9.17) is 19.1 Å². The molecule has 1 N–H and O–H groups in total. The van der Waals surface area contributed by atoms with Gasteiger partial charge in [-0.2, -0.15) is 5.10 Å². The van der Waals surface area contributed by atoms with E-state index in [1.165, 1.54) is 0 Å². The van der Waals surface area contributed by atoms with E-state index < -0.39 is 0 Å². The van der Waals surface area contributed by atoms with Gasteiger partial charge in [0.15, 0.2) is 5.76 Å². The van der Waals surface area contributed by atoms with Crippen molar-refractivity contribution in [1.29, 1.82) is 0 Å². The van der Waals surface area contributed by atoms with Crippen LogP contribution in [0.2, 0.25) is 0 Å². The lowest BCUT2D eigenvalue weighted by molar-refractivity contribution is 0.0152. The minimum absolute atomic E-state index is 0.00973. The maximum atomic E-state index is 12.9. The molecule has 2 aromatic rings. The molecule has 33 heavy (non-hydrogen) atoms. The van der Waals surface area contributed by atoms with Gasteiger partial charge in [0.25, 0.3) is 5.91 Å². The van der Waals surface area contributed by atoms with Crippen molar-refractivity contribution in [3.63, 3.8) is 0 Å². The van der Waals surface area contributed by atoms with Crippen molar-refractivity contribution in [2.24, 2.45) is 5.41 Å². The summed E-state index contributed by atoms with van der Waals surface area (Å²) in [5, 5.41) is 11.9. The van der Waals surface area contributed by atoms with Crippen molar-refractivity contribution in [2.45, 2.75) is 72.3 Å². The zero-order valence-corrected chi connectivity index (χ0v) is 19.9. The van der Waals surface area contributed by atoms with Crippen molar-refractivity contribution in [3.8, 4) is 0 Å². The van der Waals surface area contributed by atoms with E-state index in [1.807, 2.05) is 25.5 Å². The number of esters is 1. The first kappa shape index (κ1) is 23.5. The number of amides is 1. The molecule has 0 bridgehead atoms. The number of fused-ring (bicyclic) bond motifs is 1. The zero-order valence-electron chi connectivity index (χ0n) is 19.9.